The molecule has 0 spiro atoms. The van der Waals surface area contributed by atoms with E-state index >= 15 is 0 Å². The molecular weight excluding hydrogens is 204 g/mol. The standard InChI is InChI=1S/C7H10N4O2S/c12-11(13)6-8-5-10(9-6)3-7(4-14)1-2-7/h5,14H,1-4H2. The molecule has 1 saturated carbocycles. The Morgan fingerprint density at radius 2 is 2.43 bits per heavy atom. The van der Waals surface area contributed by atoms with Gasteiger partial charge in [0.05, 0.1) is 6.54 Å². The molecule has 0 aliphatic heterocycles. The van der Waals surface area contributed by atoms with E-state index in [1.165, 1.54) is 11.0 Å². The van der Waals surface area contributed by atoms with Gasteiger partial charge in [0.15, 0.2) is 0 Å². The van der Waals surface area contributed by atoms with Gasteiger partial charge in [0.25, 0.3) is 0 Å². The third-order valence-corrected chi connectivity index (χ3v) is 3.15. The van der Waals surface area contributed by atoms with Crippen LogP contribution in [-0.4, -0.2) is 25.4 Å². The van der Waals surface area contributed by atoms with E-state index in [1.54, 1.807) is 0 Å². The van der Waals surface area contributed by atoms with E-state index in [2.05, 4.69) is 22.7 Å². The highest BCUT2D eigenvalue weighted by Crippen LogP contribution is 2.47. The zero-order chi connectivity index (χ0) is 10.2. The van der Waals surface area contributed by atoms with Crippen molar-refractivity contribution >= 4 is 18.6 Å². The van der Waals surface area contributed by atoms with Crippen molar-refractivity contribution in [2.24, 2.45) is 5.41 Å². The lowest BCUT2D eigenvalue weighted by molar-refractivity contribution is -0.394. The van der Waals surface area contributed by atoms with Crippen molar-refractivity contribution < 1.29 is 4.92 Å². The number of hydrogen-bond acceptors (Lipinski definition) is 5. The normalized spacial score (nSPS) is 18.1. The molecule has 1 heterocycles. The van der Waals surface area contributed by atoms with E-state index in [1.807, 2.05) is 0 Å². The van der Waals surface area contributed by atoms with Crippen molar-refractivity contribution in [3.8, 4) is 0 Å². The first-order chi connectivity index (χ1) is 6.65. The summed E-state index contributed by atoms with van der Waals surface area (Å²) in [7, 11) is 0. The van der Waals surface area contributed by atoms with Crippen LogP contribution in [0.4, 0.5) is 5.95 Å². The van der Waals surface area contributed by atoms with Gasteiger partial charge in [-0.15, -0.1) is 0 Å². The molecule has 0 saturated heterocycles. The second-order valence-electron chi connectivity index (χ2n) is 3.66. The molecule has 1 aromatic heterocycles. The Morgan fingerprint density at radius 3 is 2.86 bits per heavy atom. The van der Waals surface area contributed by atoms with E-state index in [0.29, 0.717) is 6.54 Å². The molecule has 7 heteroatoms. The van der Waals surface area contributed by atoms with E-state index < -0.39 is 4.92 Å². The lowest BCUT2D eigenvalue weighted by Crippen LogP contribution is -2.13. The third-order valence-electron chi connectivity index (χ3n) is 2.48. The molecule has 1 aliphatic carbocycles. The smallest absolute Gasteiger partial charge is 0.390 e. The van der Waals surface area contributed by atoms with Gasteiger partial charge in [0.2, 0.25) is 6.33 Å². The van der Waals surface area contributed by atoms with Gasteiger partial charge in [-0.2, -0.15) is 17.3 Å². The number of rotatable bonds is 4. The Hall–Kier alpha value is -1.11. The summed E-state index contributed by atoms with van der Waals surface area (Å²) >= 11 is 4.25. The average molecular weight is 214 g/mol. The Balaban J connectivity index is 2.07. The fourth-order valence-corrected chi connectivity index (χ4v) is 1.75. The molecule has 1 aromatic rings. The Labute approximate surface area is 85.9 Å². The second kappa shape index (κ2) is 3.23. The number of hydrogen-bond donors (Lipinski definition) is 1. The lowest BCUT2D eigenvalue weighted by atomic mass is 10.1. The number of thiol groups is 1. The second-order valence-corrected chi connectivity index (χ2v) is 3.97. The van der Waals surface area contributed by atoms with Crippen LogP contribution in [0.2, 0.25) is 0 Å². The van der Waals surface area contributed by atoms with E-state index in [0.717, 1.165) is 18.6 Å². The molecule has 1 fully saturated rings. The monoisotopic (exact) mass is 214 g/mol. The van der Waals surface area contributed by atoms with Gasteiger partial charge in [0, 0.05) is 10.5 Å². The van der Waals surface area contributed by atoms with E-state index in [-0.39, 0.29) is 11.4 Å². The van der Waals surface area contributed by atoms with Crippen LogP contribution in [0.15, 0.2) is 6.33 Å². The molecule has 0 radical (unpaired) electrons. The van der Waals surface area contributed by atoms with Crippen molar-refractivity contribution in [3.05, 3.63) is 16.4 Å². The minimum absolute atomic E-state index is 0.199. The fourth-order valence-electron chi connectivity index (χ4n) is 1.33. The molecule has 0 N–H and O–H groups in total. The van der Waals surface area contributed by atoms with Crippen LogP contribution in [0.25, 0.3) is 0 Å². The van der Waals surface area contributed by atoms with Crippen LogP contribution in [0.1, 0.15) is 12.8 Å². The van der Waals surface area contributed by atoms with Crippen LogP contribution in [0.5, 0.6) is 0 Å². The highest BCUT2D eigenvalue weighted by Gasteiger charge is 2.42. The number of nitro groups is 1. The summed E-state index contributed by atoms with van der Waals surface area (Å²) in [6.45, 7) is 0.678. The molecular formula is C7H10N4O2S. The van der Waals surface area contributed by atoms with Gasteiger partial charge in [0.1, 0.15) is 0 Å². The van der Waals surface area contributed by atoms with Crippen LogP contribution in [0.3, 0.4) is 0 Å². The van der Waals surface area contributed by atoms with Gasteiger partial charge in [-0.05, 0) is 23.5 Å². The minimum Gasteiger partial charge on any atom is -0.390 e. The first-order valence-corrected chi connectivity index (χ1v) is 4.93. The molecule has 2 rings (SSSR count). The highest BCUT2D eigenvalue weighted by atomic mass is 32.1. The van der Waals surface area contributed by atoms with Gasteiger partial charge in [-0.1, -0.05) is 4.98 Å². The summed E-state index contributed by atoms with van der Waals surface area (Å²) < 4.78 is 1.53. The Bertz CT molecular complexity index is 360. The topological polar surface area (TPSA) is 73.8 Å². The Morgan fingerprint density at radius 1 is 1.71 bits per heavy atom. The summed E-state index contributed by atoms with van der Waals surface area (Å²) in [5.74, 6) is 0.459. The molecule has 0 amide bonds. The van der Waals surface area contributed by atoms with Gasteiger partial charge in [-0.25, -0.2) is 0 Å². The van der Waals surface area contributed by atoms with Crippen molar-refractivity contribution in [2.75, 3.05) is 5.75 Å². The predicted molar refractivity (Wildman–Crippen MR) is 52.2 cm³/mol. The average Bonchev–Trinajstić information content (AvgIpc) is 2.75. The predicted octanol–water partition coefficient (Wildman–Crippen LogP) is 0.896. The SMILES string of the molecule is O=[N+]([O-])c1ncn(CC2(CS)CC2)n1. The molecule has 76 valence electrons. The van der Waals surface area contributed by atoms with Crippen LogP contribution < -0.4 is 0 Å². The number of nitrogens with zero attached hydrogens (tertiary/aromatic N) is 4. The van der Waals surface area contributed by atoms with Gasteiger partial charge >= 0.3 is 5.95 Å². The molecule has 6 nitrogen and oxygen atoms in total. The van der Waals surface area contributed by atoms with Crippen molar-refractivity contribution in [1.82, 2.24) is 14.8 Å². The summed E-state index contributed by atoms with van der Waals surface area (Å²) in [5, 5.41) is 14.1. The fraction of sp³-hybridized carbons (Fsp3) is 0.714. The Kier molecular flexibility index (Phi) is 2.18. The number of aromatic nitrogens is 3. The van der Waals surface area contributed by atoms with Crippen molar-refractivity contribution in [3.63, 3.8) is 0 Å². The zero-order valence-electron chi connectivity index (χ0n) is 7.46. The molecule has 0 unspecified atom stereocenters. The summed E-state index contributed by atoms with van der Waals surface area (Å²) in [6.07, 6.45) is 3.63. The maximum atomic E-state index is 10.3. The first-order valence-electron chi connectivity index (χ1n) is 4.30. The maximum absolute atomic E-state index is 10.3. The largest absolute Gasteiger partial charge is 0.490 e. The van der Waals surface area contributed by atoms with Crippen LogP contribution in [-0.2, 0) is 6.54 Å². The van der Waals surface area contributed by atoms with Crippen molar-refractivity contribution in [2.45, 2.75) is 19.4 Å². The van der Waals surface area contributed by atoms with E-state index in [4.69, 9.17) is 0 Å². The highest BCUT2D eigenvalue weighted by molar-refractivity contribution is 7.80. The molecule has 0 atom stereocenters. The van der Waals surface area contributed by atoms with Crippen molar-refractivity contribution in [1.29, 1.82) is 0 Å². The van der Waals surface area contributed by atoms with Crippen LogP contribution in [0, 0.1) is 15.5 Å². The molecule has 14 heavy (non-hydrogen) atoms. The maximum Gasteiger partial charge on any atom is 0.490 e. The molecule has 1 aliphatic rings. The van der Waals surface area contributed by atoms with E-state index in [9.17, 15) is 10.1 Å². The quantitative estimate of drug-likeness (QED) is 0.459. The van der Waals surface area contributed by atoms with Crippen LogP contribution >= 0.6 is 12.6 Å². The summed E-state index contributed by atoms with van der Waals surface area (Å²) in [6, 6.07) is 0. The van der Waals surface area contributed by atoms with Gasteiger partial charge < -0.3 is 10.1 Å². The zero-order valence-corrected chi connectivity index (χ0v) is 8.35. The molecule has 0 bridgehead atoms. The molecule has 0 aromatic carbocycles. The van der Waals surface area contributed by atoms with Gasteiger partial charge in [-0.3, -0.25) is 0 Å². The minimum atomic E-state index is -0.587. The first kappa shape index (κ1) is 9.45. The lowest BCUT2D eigenvalue weighted by Gasteiger charge is -2.07. The summed E-state index contributed by atoms with van der Waals surface area (Å²) in [5.41, 5.74) is 0.199. The summed E-state index contributed by atoms with van der Waals surface area (Å²) in [4.78, 5) is 13.3. The third kappa shape index (κ3) is 1.72.